The number of hydrogen-bond acceptors (Lipinski definition) is 5. The second-order valence-corrected chi connectivity index (χ2v) is 8.26. The lowest BCUT2D eigenvalue weighted by atomic mass is 10.0. The van der Waals surface area contributed by atoms with Gasteiger partial charge in [0.25, 0.3) is 0 Å². The maximum atomic E-state index is 12.8. The Bertz CT molecular complexity index is 922. The summed E-state index contributed by atoms with van der Waals surface area (Å²) in [7, 11) is -2.07. The van der Waals surface area contributed by atoms with E-state index in [1.165, 1.54) is 0 Å². The zero-order valence-electron chi connectivity index (χ0n) is 15.3. The first-order chi connectivity index (χ1) is 12.3. The summed E-state index contributed by atoms with van der Waals surface area (Å²) in [6.45, 7) is 6.13. The highest BCUT2D eigenvalue weighted by Crippen LogP contribution is 2.33. The Kier molecular flexibility index (Phi) is 5.11. The molecule has 0 bridgehead atoms. The summed E-state index contributed by atoms with van der Waals surface area (Å²) in [5, 5.41) is 0. The largest absolute Gasteiger partial charge is 0.496 e. The summed E-state index contributed by atoms with van der Waals surface area (Å²) in [6, 6.07) is 8.84. The summed E-state index contributed by atoms with van der Waals surface area (Å²) < 4.78 is 44.3. The van der Waals surface area contributed by atoms with Crippen molar-refractivity contribution in [2.45, 2.75) is 38.1 Å². The number of hydrogen-bond donors (Lipinski definition) is 1. The van der Waals surface area contributed by atoms with Crippen LogP contribution in [0.15, 0.2) is 35.2 Å². The Hall–Kier alpha value is -2.25. The van der Waals surface area contributed by atoms with Gasteiger partial charge < -0.3 is 14.2 Å². The van der Waals surface area contributed by atoms with Gasteiger partial charge in [-0.2, -0.15) is 0 Å². The van der Waals surface area contributed by atoms with Gasteiger partial charge in [0.1, 0.15) is 5.75 Å². The van der Waals surface area contributed by atoms with E-state index in [-0.39, 0.29) is 24.2 Å². The molecule has 0 unspecified atom stereocenters. The minimum Gasteiger partial charge on any atom is -0.496 e. The van der Waals surface area contributed by atoms with Crippen molar-refractivity contribution in [3.05, 3.63) is 47.0 Å². The van der Waals surface area contributed by atoms with E-state index in [0.29, 0.717) is 22.8 Å². The monoisotopic (exact) mass is 377 g/mol. The van der Waals surface area contributed by atoms with Crippen LogP contribution in [0.5, 0.6) is 17.2 Å². The molecule has 6 nitrogen and oxygen atoms in total. The molecule has 2 aromatic rings. The Morgan fingerprint density at radius 1 is 1.15 bits per heavy atom. The van der Waals surface area contributed by atoms with Crippen molar-refractivity contribution in [1.29, 1.82) is 0 Å². The first kappa shape index (κ1) is 18.5. The van der Waals surface area contributed by atoms with E-state index >= 15 is 0 Å². The van der Waals surface area contributed by atoms with Crippen LogP contribution in [-0.2, 0) is 16.6 Å². The molecule has 1 N–H and O–H groups in total. The molecule has 140 valence electrons. The molecule has 0 aromatic heterocycles. The van der Waals surface area contributed by atoms with Crippen molar-refractivity contribution in [1.82, 2.24) is 4.72 Å². The van der Waals surface area contributed by atoms with E-state index in [2.05, 4.69) is 4.72 Å². The van der Waals surface area contributed by atoms with Crippen LogP contribution >= 0.6 is 0 Å². The zero-order chi connectivity index (χ0) is 18.9. The molecule has 0 radical (unpaired) electrons. The molecule has 1 heterocycles. The van der Waals surface area contributed by atoms with Crippen molar-refractivity contribution in [2.75, 3.05) is 13.9 Å². The molecular formula is C19H23NO5S. The molecule has 7 heteroatoms. The molecule has 26 heavy (non-hydrogen) atoms. The van der Waals surface area contributed by atoms with E-state index in [1.54, 1.807) is 38.3 Å². The third-order valence-corrected chi connectivity index (χ3v) is 5.89. The summed E-state index contributed by atoms with van der Waals surface area (Å²) in [4.78, 5) is 0.266. The molecule has 1 aliphatic heterocycles. The van der Waals surface area contributed by atoms with Crippen LogP contribution in [0.4, 0.5) is 0 Å². The Labute approximate surface area is 154 Å². The van der Waals surface area contributed by atoms with Crippen molar-refractivity contribution < 1.29 is 22.6 Å². The zero-order valence-corrected chi connectivity index (χ0v) is 16.1. The number of aryl methyl sites for hydroxylation is 1. The fraction of sp³-hybridized carbons (Fsp3) is 0.368. The van der Waals surface area contributed by atoms with Crippen molar-refractivity contribution in [3.8, 4) is 17.2 Å². The number of methoxy groups -OCH3 is 1. The number of ether oxygens (including phenoxy) is 3. The lowest BCUT2D eigenvalue weighted by Crippen LogP contribution is -2.24. The van der Waals surface area contributed by atoms with Crippen molar-refractivity contribution >= 4 is 10.0 Å². The van der Waals surface area contributed by atoms with Crippen LogP contribution < -0.4 is 18.9 Å². The lowest BCUT2D eigenvalue weighted by Gasteiger charge is -2.16. The SMILES string of the molecule is COc1cc(C)c(S(=O)(=O)NCc2ccc3c(c2)OCO3)cc1C(C)C. The van der Waals surface area contributed by atoms with Gasteiger partial charge in [-0.1, -0.05) is 19.9 Å². The van der Waals surface area contributed by atoms with Gasteiger partial charge in [0.05, 0.1) is 12.0 Å². The Morgan fingerprint density at radius 3 is 2.58 bits per heavy atom. The molecule has 0 saturated heterocycles. The summed E-state index contributed by atoms with van der Waals surface area (Å²) in [5.41, 5.74) is 2.30. The van der Waals surface area contributed by atoms with Gasteiger partial charge in [-0.25, -0.2) is 13.1 Å². The predicted octanol–water partition coefficient (Wildman–Crippen LogP) is 3.33. The van der Waals surface area contributed by atoms with Gasteiger partial charge in [0.15, 0.2) is 11.5 Å². The average Bonchev–Trinajstić information content (AvgIpc) is 3.07. The summed E-state index contributed by atoms with van der Waals surface area (Å²) in [6.07, 6.45) is 0. The highest BCUT2D eigenvalue weighted by molar-refractivity contribution is 7.89. The molecule has 3 rings (SSSR count). The molecular weight excluding hydrogens is 354 g/mol. The Balaban J connectivity index is 1.85. The normalized spacial score (nSPS) is 13.3. The van der Waals surface area contributed by atoms with Gasteiger partial charge in [-0.15, -0.1) is 0 Å². The molecule has 0 amide bonds. The molecule has 1 aliphatic rings. The van der Waals surface area contributed by atoms with Crippen LogP contribution in [0.3, 0.4) is 0 Å². The fourth-order valence-electron chi connectivity index (χ4n) is 2.90. The number of benzene rings is 2. The number of nitrogens with one attached hydrogen (secondary N) is 1. The summed E-state index contributed by atoms with van der Waals surface area (Å²) in [5.74, 6) is 2.15. The van der Waals surface area contributed by atoms with E-state index in [4.69, 9.17) is 14.2 Å². The minimum absolute atomic E-state index is 0.147. The van der Waals surface area contributed by atoms with E-state index in [9.17, 15) is 8.42 Å². The van der Waals surface area contributed by atoms with Crippen LogP contribution in [0, 0.1) is 6.92 Å². The third kappa shape index (κ3) is 3.64. The van der Waals surface area contributed by atoms with Crippen LogP contribution in [0.2, 0.25) is 0 Å². The van der Waals surface area contributed by atoms with Crippen LogP contribution in [0.25, 0.3) is 0 Å². The standard InChI is InChI=1S/C19H23NO5S/c1-12(2)15-9-19(13(3)7-17(15)23-4)26(21,22)20-10-14-5-6-16-18(8-14)25-11-24-16/h5-9,12,20H,10-11H2,1-4H3. The quantitative estimate of drug-likeness (QED) is 0.836. The highest BCUT2D eigenvalue weighted by atomic mass is 32.2. The lowest BCUT2D eigenvalue weighted by molar-refractivity contribution is 0.174. The van der Waals surface area contributed by atoms with Crippen molar-refractivity contribution in [2.24, 2.45) is 0 Å². The highest BCUT2D eigenvalue weighted by Gasteiger charge is 2.21. The van der Waals surface area contributed by atoms with Gasteiger partial charge in [0.2, 0.25) is 16.8 Å². The van der Waals surface area contributed by atoms with Crippen LogP contribution in [-0.4, -0.2) is 22.3 Å². The first-order valence-corrected chi connectivity index (χ1v) is 9.87. The molecule has 0 atom stereocenters. The first-order valence-electron chi connectivity index (χ1n) is 8.38. The topological polar surface area (TPSA) is 73.9 Å². The second kappa shape index (κ2) is 7.17. The molecule has 0 fully saturated rings. The smallest absolute Gasteiger partial charge is 0.241 e. The molecule has 0 saturated carbocycles. The van der Waals surface area contributed by atoms with Gasteiger partial charge >= 0.3 is 0 Å². The molecule has 2 aromatic carbocycles. The van der Waals surface area contributed by atoms with E-state index in [0.717, 1.165) is 11.1 Å². The number of fused-ring (bicyclic) bond motifs is 1. The van der Waals surface area contributed by atoms with Gasteiger partial charge in [-0.3, -0.25) is 0 Å². The van der Waals surface area contributed by atoms with Crippen LogP contribution in [0.1, 0.15) is 36.5 Å². The molecule has 0 spiro atoms. The predicted molar refractivity (Wildman–Crippen MR) is 98.4 cm³/mol. The van der Waals surface area contributed by atoms with Crippen molar-refractivity contribution in [3.63, 3.8) is 0 Å². The third-order valence-electron chi connectivity index (χ3n) is 4.34. The minimum atomic E-state index is -3.66. The maximum absolute atomic E-state index is 12.8. The van der Waals surface area contributed by atoms with E-state index in [1.807, 2.05) is 19.9 Å². The fourth-order valence-corrected chi connectivity index (χ4v) is 4.18. The van der Waals surface area contributed by atoms with Gasteiger partial charge in [0, 0.05) is 6.54 Å². The maximum Gasteiger partial charge on any atom is 0.241 e. The average molecular weight is 377 g/mol. The molecule has 0 aliphatic carbocycles. The van der Waals surface area contributed by atoms with Gasteiger partial charge in [-0.05, 0) is 53.8 Å². The summed E-state index contributed by atoms with van der Waals surface area (Å²) >= 11 is 0. The Morgan fingerprint density at radius 2 is 1.88 bits per heavy atom. The number of sulfonamides is 1. The number of rotatable bonds is 6. The second-order valence-electron chi connectivity index (χ2n) is 6.53. The van der Waals surface area contributed by atoms with E-state index < -0.39 is 10.0 Å².